The number of methoxy groups -OCH3 is 1. The van der Waals surface area contributed by atoms with E-state index in [9.17, 15) is 0 Å². The minimum Gasteiger partial charge on any atom is -0.496 e. The molecule has 1 N–H and O–H groups in total. The molecule has 7 heteroatoms. The fraction of sp³-hybridized carbons (Fsp3) is 0.353. The average molecular weight is 346 g/mol. The van der Waals surface area contributed by atoms with Crippen LogP contribution in [0.4, 0.5) is 5.82 Å². The van der Waals surface area contributed by atoms with Crippen LogP contribution in [-0.2, 0) is 12.0 Å². The van der Waals surface area contributed by atoms with E-state index in [2.05, 4.69) is 41.4 Å². The van der Waals surface area contributed by atoms with E-state index >= 15 is 0 Å². The van der Waals surface area contributed by atoms with Crippen LogP contribution in [0.15, 0.2) is 30.3 Å². The van der Waals surface area contributed by atoms with Crippen LogP contribution in [0, 0.1) is 0 Å². The molecule has 0 aliphatic rings. The van der Waals surface area contributed by atoms with Gasteiger partial charge in [0.25, 0.3) is 0 Å². The van der Waals surface area contributed by atoms with Gasteiger partial charge in [0.15, 0.2) is 11.5 Å². The summed E-state index contributed by atoms with van der Waals surface area (Å²) in [5.74, 6) is 2.28. The number of hydrogen-bond donors (Lipinski definition) is 1. The molecule has 3 aromatic rings. The predicted molar refractivity (Wildman–Crippen MR) is 94.8 cm³/mol. The van der Waals surface area contributed by atoms with E-state index in [1.165, 1.54) is 0 Å². The summed E-state index contributed by atoms with van der Waals surface area (Å²) in [7, 11) is 1.63. The first-order chi connectivity index (χ1) is 11.4. The lowest BCUT2D eigenvalue weighted by atomic mass is 9.96. The lowest BCUT2D eigenvalue weighted by Crippen LogP contribution is -2.17. The van der Waals surface area contributed by atoms with Crippen molar-refractivity contribution in [2.75, 3.05) is 12.4 Å². The summed E-state index contributed by atoms with van der Waals surface area (Å²) in [5.41, 5.74) is 1.47. The number of fused-ring (bicyclic) bond motifs is 1. The van der Waals surface area contributed by atoms with Crippen molar-refractivity contribution in [3.8, 4) is 5.75 Å². The minimum atomic E-state index is -0.142. The molecule has 0 unspecified atom stereocenters. The topological polar surface area (TPSA) is 64.3 Å². The van der Waals surface area contributed by atoms with Crippen LogP contribution in [0.25, 0.3) is 5.65 Å². The first-order valence-corrected chi connectivity index (χ1v) is 8.06. The smallest absolute Gasteiger partial charge is 0.178 e. The van der Waals surface area contributed by atoms with Crippen molar-refractivity contribution in [1.29, 1.82) is 0 Å². The maximum absolute atomic E-state index is 6.27. The molecular weight excluding hydrogens is 326 g/mol. The molecule has 0 aliphatic carbocycles. The molecule has 0 bridgehead atoms. The maximum atomic E-state index is 6.27. The number of benzene rings is 1. The monoisotopic (exact) mass is 345 g/mol. The summed E-state index contributed by atoms with van der Waals surface area (Å²) < 4.78 is 7.14. The Balaban J connectivity index is 1.89. The van der Waals surface area contributed by atoms with Gasteiger partial charge in [0.2, 0.25) is 0 Å². The van der Waals surface area contributed by atoms with E-state index in [4.69, 9.17) is 16.3 Å². The van der Waals surface area contributed by atoms with Crippen molar-refractivity contribution in [3.05, 3.63) is 46.7 Å². The van der Waals surface area contributed by atoms with Crippen LogP contribution in [0.3, 0.4) is 0 Å². The van der Waals surface area contributed by atoms with E-state index < -0.39 is 0 Å². The van der Waals surface area contributed by atoms with Gasteiger partial charge in [0.1, 0.15) is 11.6 Å². The second-order valence-electron chi connectivity index (χ2n) is 6.54. The fourth-order valence-corrected chi connectivity index (χ4v) is 2.66. The molecule has 0 spiro atoms. The molecule has 2 heterocycles. The number of ether oxygens (including phenoxy) is 1. The first kappa shape index (κ1) is 16.5. The Bertz CT molecular complexity index is 869. The first-order valence-electron chi connectivity index (χ1n) is 7.68. The Hall–Kier alpha value is -2.34. The number of halogens is 1. The quantitative estimate of drug-likeness (QED) is 0.781. The highest BCUT2D eigenvalue weighted by atomic mass is 35.5. The molecule has 0 atom stereocenters. The summed E-state index contributed by atoms with van der Waals surface area (Å²) in [4.78, 5) is 0. The Morgan fingerprint density at radius 2 is 1.96 bits per heavy atom. The second kappa shape index (κ2) is 6.28. The van der Waals surface area contributed by atoms with Crippen LogP contribution < -0.4 is 10.1 Å². The van der Waals surface area contributed by atoms with Crippen molar-refractivity contribution < 1.29 is 4.74 Å². The van der Waals surface area contributed by atoms with E-state index in [-0.39, 0.29) is 5.41 Å². The highest BCUT2D eigenvalue weighted by Gasteiger charge is 2.21. The highest BCUT2D eigenvalue weighted by molar-refractivity contribution is 6.31. The van der Waals surface area contributed by atoms with Crippen molar-refractivity contribution in [1.82, 2.24) is 19.8 Å². The van der Waals surface area contributed by atoms with Gasteiger partial charge in [-0.1, -0.05) is 38.4 Å². The average Bonchev–Trinajstić information content (AvgIpc) is 2.96. The second-order valence-corrected chi connectivity index (χ2v) is 6.94. The molecule has 0 saturated heterocycles. The van der Waals surface area contributed by atoms with Gasteiger partial charge in [-0.25, -0.2) is 0 Å². The number of nitrogens with zero attached hydrogens (tertiary/aromatic N) is 4. The van der Waals surface area contributed by atoms with E-state index in [1.54, 1.807) is 11.6 Å². The maximum Gasteiger partial charge on any atom is 0.178 e. The zero-order chi connectivity index (χ0) is 17.3. The summed E-state index contributed by atoms with van der Waals surface area (Å²) in [6.07, 6.45) is 0. The van der Waals surface area contributed by atoms with Gasteiger partial charge in [0.05, 0.1) is 7.11 Å². The number of rotatable bonds is 4. The van der Waals surface area contributed by atoms with Gasteiger partial charge >= 0.3 is 0 Å². The van der Waals surface area contributed by atoms with Crippen LogP contribution in [-0.4, -0.2) is 26.9 Å². The molecular formula is C17H20ClN5O. The van der Waals surface area contributed by atoms with Gasteiger partial charge < -0.3 is 10.1 Å². The molecule has 0 amide bonds. The van der Waals surface area contributed by atoms with Crippen LogP contribution in [0.1, 0.15) is 32.2 Å². The van der Waals surface area contributed by atoms with Gasteiger partial charge in [0, 0.05) is 22.5 Å². The molecule has 6 nitrogen and oxygen atoms in total. The van der Waals surface area contributed by atoms with Crippen LogP contribution in [0.2, 0.25) is 5.02 Å². The fourth-order valence-electron chi connectivity index (χ4n) is 2.43. The lowest BCUT2D eigenvalue weighted by molar-refractivity contribution is 0.410. The number of aromatic nitrogens is 4. The number of hydrogen-bond acceptors (Lipinski definition) is 5. The molecule has 2 aromatic heterocycles. The summed E-state index contributed by atoms with van der Waals surface area (Å²) in [6, 6.07) is 9.36. The third-order valence-electron chi connectivity index (χ3n) is 3.68. The van der Waals surface area contributed by atoms with E-state index in [1.807, 2.05) is 30.3 Å². The zero-order valence-corrected chi connectivity index (χ0v) is 14.9. The summed E-state index contributed by atoms with van der Waals surface area (Å²) in [6.45, 7) is 6.76. The standard InChI is InChI=1S/C17H20ClN5O/c1-17(2,3)16-21-20-15-9-8-14(22-23(15)16)19-10-11-12(18)6-5-7-13(11)24-4/h5-9H,10H2,1-4H3,(H,19,22). The minimum absolute atomic E-state index is 0.142. The lowest BCUT2D eigenvalue weighted by Gasteiger charge is -2.15. The van der Waals surface area contributed by atoms with Crippen molar-refractivity contribution in [2.45, 2.75) is 32.7 Å². The Morgan fingerprint density at radius 3 is 2.67 bits per heavy atom. The zero-order valence-electron chi connectivity index (χ0n) is 14.2. The van der Waals surface area contributed by atoms with E-state index in [0.29, 0.717) is 11.6 Å². The number of anilines is 1. The van der Waals surface area contributed by atoms with Crippen LogP contribution >= 0.6 is 11.6 Å². The SMILES string of the molecule is COc1cccc(Cl)c1CNc1ccc2nnc(C(C)(C)C)n2n1. The highest BCUT2D eigenvalue weighted by Crippen LogP contribution is 2.27. The molecule has 126 valence electrons. The predicted octanol–water partition coefficient (Wildman–Crippen LogP) is 3.70. The van der Waals surface area contributed by atoms with Gasteiger partial charge in [-0.3, -0.25) is 0 Å². The number of nitrogens with one attached hydrogen (secondary N) is 1. The molecule has 0 aliphatic heterocycles. The molecule has 24 heavy (non-hydrogen) atoms. The van der Waals surface area contributed by atoms with Gasteiger partial charge in [-0.15, -0.1) is 15.3 Å². The Morgan fingerprint density at radius 1 is 1.17 bits per heavy atom. The molecule has 3 rings (SSSR count). The molecule has 1 aromatic carbocycles. The normalized spacial score (nSPS) is 11.7. The van der Waals surface area contributed by atoms with Crippen molar-refractivity contribution in [2.24, 2.45) is 0 Å². The molecule has 0 saturated carbocycles. The Kier molecular flexibility index (Phi) is 4.32. The van der Waals surface area contributed by atoms with Gasteiger partial charge in [-0.05, 0) is 24.3 Å². The van der Waals surface area contributed by atoms with Crippen molar-refractivity contribution >= 4 is 23.1 Å². The molecule has 0 fully saturated rings. The van der Waals surface area contributed by atoms with E-state index in [0.717, 1.165) is 28.6 Å². The Labute approximate surface area is 145 Å². The van der Waals surface area contributed by atoms with Crippen molar-refractivity contribution in [3.63, 3.8) is 0 Å². The van der Waals surface area contributed by atoms with Crippen LogP contribution in [0.5, 0.6) is 5.75 Å². The third-order valence-corrected chi connectivity index (χ3v) is 4.03. The largest absolute Gasteiger partial charge is 0.496 e. The van der Waals surface area contributed by atoms with Gasteiger partial charge in [-0.2, -0.15) is 4.52 Å². The third kappa shape index (κ3) is 3.14. The summed E-state index contributed by atoms with van der Waals surface area (Å²) >= 11 is 6.27. The summed E-state index contributed by atoms with van der Waals surface area (Å²) in [5, 5.41) is 17.0. The molecule has 0 radical (unpaired) electrons.